The Kier molecular flexibility index (Phi) is 5.94. The molecule has 0 aliphatic carbocycles. The summed E-state index contributed by atoms with van der Waals surface area (Å²) in [5.74, 6) is 0. The Bertz CT molecular complexity index is 601. The van der Waals surface area contributed by atoms with Crippen LogP contribution in [0.1, 0.15) is 36.8 Å². The van der Waals surface area contributed by atoms with Crippen molar-refractivity contribution < 1.29 is 17.9 Å². The van der Waals surface area contributed by atoms with Crippen LogP contribution in [0, 0.1) is 0 Å². The molecule has 6 heteroatoms. The van der Waals surface area contributed by atoms with Gasteiger partial charge in [0.2, 0.25) is 0 Å². The molecule has 3 nitrogen and oxygen atoms in total. The second-order valence-electron chi connectivity index (χ2n) is 7.89. The molecule has 2 atom stereocenters. The van der Waals surface area contributed by atoms with Crippen LogP contribution in [0.25, 0.3) is 0 Å². The van der Waals surface area contributed by atoms with Crippen molar-refractivity contribution in [2.75, 3.05) is 40.4 Å². The molecule has 0 bridgehead atoms. The molecule has 2 saturated heterocycles. The van der Waals surface area contributed by atoms with Crippen LogP contribution in [0.4, 0.5) is 13.2 Å². The van der Waals surface area contributed by atoms with E-state index in [9.17, 15) is 13.2 Å². The van der Waals surface area contributed by atoms with Crippen molar-refractivity contribution in [3.05, 3.63) is 35.4 Å². The molecule has 146 valence electrons. The molecule has 3 rings (SSSR count). The lowest BCUT2D eigenvalue weighted by Gasteiger charge is -2.50. The minimum absolute atomic E-state index is 0.000393. The fourth-order valence-electron chi connectivity index (χ4n) is 4.50. The Morgan fingerprint density at radius 1 is 1.35 bits per heavy atom. The van der Waals surface area contributed by atoms with E-state index in [1.54, 1.807) is 0 Å². The Morgan fingerprint density at radius 3 is 2.81 bits per heavy atom. The molecule has 2 unspecified atom stereocenters. The first-order valence-electron chi connectivity index (χ1n) is 9.46. The number of ether oxygens (including phenoxy) is 1. The molecule has 0 radical (unpaired) electrons. The van der Waals surface area contributed by atoms with Crippen LogP contribution >= 0.6 is 0 Å². The maximum atomic E-state index is 13.0. The van der Waals surface area contributed by atoms with Gasteiger partial charge in [0, 0.05) is 24.7 Å². The summed E-state index contributed by atoms with van der Waals surface area (Å²) >= 11 is 0. The lowest BCUT2D eigenvalue weighted by atomic mass is 9.81. The van der Waals surface area contributed by atoms with Crippen LogP contribution in [-0.2, 0) is 17.3 Å². The van der Waals surface area contributed by atoms with E-state index in [0.717, 1.165) is 63.6 Å². The zero-order chi connectivity index (χ0) is 18.8. The van der Waals surface area contributed by atoms with Crippen molar-refractivity contribution in [3.63, 3.8) is 0 Å². The highest BCUT2D eigenvalue weighted by Crippen LogP contribution is 2.35. The van der Waals surface area contributed by atoms with Crippen LogP contribution in [0.15, 0.2) is 24.3 Å². The first-order valence-corrected chi connectivity index (χ1v) is 9.46. The van der Waals surface area contributed by atoms with E-state index in [2.05, 4.69) is 23.9 Å². The third-order valence-electron chi connectivity index (χ3n) is 6.08. The molecule has 1 aromatic rings. The summed E-state index contributed by atoms with van der Waals surface area (Å²) in [4.78, 5) is 4.81. The molecule has 1 aromatic carbocycles. The summed E-state index contributed by atoms with van der Waals surface area (Å²) in [6.07, 6.45) is 0.490. The average Bonchev–Trinajstić information content (AvgIpc) is 3.13. The molecule has 2 aliphatic heterocycles. The van der Waals surface area contributed by atoms with Gasteiger partial charge < -0.3 is 9.64 Å². The molecule has 0 amide bonds. The van der Waals surface area contributed by atoms with Gasteiger partial charge in [-0.1, -0.05) is 18.2 Å². The molecular formula is C20H29F3N2O. The van der Waals surface area contributed by atoms with Gasteiger partial charge >= 0.3 is 6.18 Å². The van der Waals surface area contributed by atoms with Gasteiger partial charge in [0.1, 0.15) is 0 Å². The monoisotopic (exact) mass is 370 g/mol. The van der Waals surface area contributed by atoms with E-state index < -0.39 is 11.7 Å². The van der Waals surface area contributed by atoms with Crippen molar-refractivity contribution in [1.29, 1.82) is 0 Å². The SMILES string of the molecule is CN1CCCC(CCc2cccc(C(F)(F)F)c2)(N(C)C2CCOC2)C1. The number of nitrogens with zero attached hydrogens (tertiary/aromatic N) is 2. The highest BCUT2D eigenvalue weighted by atomic mass is 19.4. The largest absolute Gasteiger partial charge is 0.416 e. The number of alkyl halides is 3. The summed E-state index contributed by atoms with van der Waals surface area (Å²) in [6, 6.07) is 6.19. The second kappa shape index (κ2) is 7.87. The van der Waals surface area contributed by atoms with Gasteiger partial charge in [0.25, 0.3) is 0 Å². The number of hydrogen-bond donors (Lipinski definition) is 0. The molecule has 26 heavy (non-hydrogen) atoms. The maximum absolute atomic E-state index is 13.0. The molecule has 0 N–H and O–H groups in total. The van der Waals surface area contributed by atoms with Gasteiger partial charge in [0.15, 0.2) is 0 Å². The summed E-state index contributed by atoms with van der Waals surface area (Å²) in [6.45, 7) is 3.60. The summed E-state index contributed by atoms with van der Waals surface area (Å²) in [5.41, 5.74) is 0.213. The Hall–Kier alpha value is -1.11. The first kappa shape index (κ1) is 19.6. The van der Waals surface area contributed by atoms with Crippen LogP contribution in [0.2, 0.25) is 0 Å². The van der Waals surface area contributed by atoms with Crippen LogP contribution < -0.4 is 0 Å². The van der Waals surface area contributed by atoms with E-state index >= 15 is 0 Å². The number of piperidine rings is 1. The molecule has 2 aliphatic rings. The fraction of sp³-hybridized carbons (Fsp3) is 0.700. The molecule has 0 saturated carbocycles. The lowest BCUT2D eigenvalue weighted by molar-refractivity contribution is -0.137. The minimum Gasteiger partial charge on any atom is -0.380 e. The zero-order valence-corrected chi connectivity index (χ0v) is 15.7. The number of halogens is 3. The molecule has 0 spiro atoms. The fourth-order valence-corrected chi connectivity index (χ4v) is 4.50. The summed E-state index contributed by atoms with van der Waals surface area (Å²) in [7, 11) is 4.31. The average molecular weight is 370 g/mol. The van der Waals surface area contributed by atoms with E-state index in [4.69, 9.17) is 4.74 Å². The Balaban J connectivity index is 1.76. The predicted molar refractivity (Wildman–Crippen MR) is 96.2 cm³/mol. The van der Waals surface area contributed by atoms with Gasteiger partial charge in [-0.2, -0.15) is 13.2 Å². The standard InChI is InChI=1S/C20H29F3N2O/c1-24-11-4-9-19(15-24,25(2)18-8-12-26-14-18)10-7-16-5-3-6-17(13-16)20(21,22)23/h3,5-6,13,18H,4,7-12,14-15H2,1-2H3. The molecule has 0 aromatic heterocycles. The Labute approximate surface area is 154 Å². The molecular weight excluding hydrogens is 341 g/mol. The maximum Gasteiger partial charge on any atom is 0.416 e. The van der Waals surface area contributed by atoms with Gasteiger partial charge in [-0.05, 0) is 64.4 Å². The number of aryl methyl sites for hydroxylation is 1. The molecule has 2 fully saturated rings. The van der Waals surface area contributed by atoms with Gasteiger partial charge in [-0.25, -0.2) is 0 Å². The van der Waals surface area contributed by atoms with Crippen molar-refractivity contribution in [3.8, 4) is 0 Å². The lowest BCUT2D eigenvalue weighted by Crippen LogP contribution is -2.60. The van der Waals surface area contributed by atoms with Crippen LogP contribution in [0.5, 0.6) is 0 Å². The highest BCUT2D eigenvalue weighted by molar-refractivity contribution is 5.26. The predicted octanol–water partition coefficient (Wildman–Crippen LogP) is 3.82. The summed E-state index contributed by atoms with van der Waals surface area (Å²) in [5, 5.41) is 0. The number of rotatable bonds is 5. The molecule has 2 heterocycles. The van der Waals surface area contributed by atoms with Crippen molar-refractivity contribution in [2.24, 2.45) is 0 Å². The third-order valence-corrected chi connectivity index (χ3v) is 6.08. The van der Waals surface area contributed by atoms with E-state index in [-0.39, 0.29) is 5.54 Å². The number of likely N-dealkylation sites (N-methyl/N-ethyl adjacent to an activating group) is 2. The van der Waals surface area contributed by atoms with E-state index in [0.29, 0.717) is 12.5 Å². The number of hydrogen-bond acceptors (Lipinski definition) is 3. The Morgan fingerprint density at radius 2 is 2.15 bits per heavy atom. The van der Waals surface area contributed by atoms with Crippen LogP contribution in [0.3, 0.4) is 0 Å². The number of likely N-dealkylation sites (tertiary alicyclic amines) is 1. The van der Waals surface area contributed by atoms with Gasteiger partial charge in [0.05, 0.1) is 12.2 Å². The smallest absolute Gasteiger partial charge is 0.380 e. The first-order chi connectivity index (χ1) is 12.3. The second-order valence-corrected chi connectivity index (χ2v) is 7.89. The van der Waals surface area contributed by atoms with Gasteiger partial charge in [-0.15, -0.1) is 0 Å². The highest BCUT2D eigenvalue weighted by Gasteiger charge is 2.41. The van der Waals surface area contributed by atoms with Crippen molar-refractivity contribution in [2.45, 2.75) is 49.9 Å². The van der Waals surface area contributed by atoms with E-state index in [1.165, 1.54) is 12.1 Å². The summed E-state index contributed by atoms with van der Waals surface area (Å²) < 4.78 is 44.6. The number of benzene rings is 1. The quantitative estimate of drug-likeness (QED) is 0.784. The normalized spacial score (nSPS) is 28.0. The topological polar surface area (TPSA) is 15.7 Å². The van der Waals surface area contributed by atoms with Gasteiger partial charge in [-0.3, -0.25) is 4.90 Å². The van der Waals surface area contributed by atoms with Crippen molar-refractivity contribution >= 4 is 0 Å². The van der Waals surface area contributed by atoms with Crippen LogP contribution in [-0.4, -0.2) is 61.8 Å². The van der Waals surface area contributed by atoms with Crippen molar-refractivity contribution in [1.82, 2.24) is 9.80 Å². The zero-order valence-electron chi connectivity index (χ0n) is 15.7. The van der Waals surface area contributed by atoms with E-state index in [1.807, 2.05) is 6.07 Å². The minimum atomic E-state index is -4.28. The third kappa shape index (κ3) is 4.41.